The van der Waals surface area contributed by atoms with Crippen LogP contribution < -0.4 is 5.63 Å². The Hall–Kier alpha value is -4.12. The van der Waals surface area contributed by atoms with Crippen molar-refractivity contribution in [1.29, 1.82) is 0 Å². The fourth-order valence-corrected chi connectivity index (χ4v) is 4.10. The SMILES string of the molecule is O=c1oc2ccccc2c2[nH]c3c(ccc4ccnc43)c(-c3ccc(O)cc3)c12. The number of rotatable bonds is 1. The van der Waals surface area contributed by atoms with Gasteiger partial charge in [0, 0.05) is 27.9 Å². The number of aromatic hydroxyl groups is 1. The molecule has 3 aromatic carbocycles. The molecule has 0 unspecified atom stereocenters. The van der Waals surface area contributed by atoms with Crippen molar-refractivity contribution >= 4 is 43.7 Å². The molecule has 3 aromatic heterocycles. The molecule has 0 amide bonds. The zero-order chi connectivity index (χ0) is 19.5. The first kappa shape index (κ1) is 15.9. The van der Waals surface area contributed by atoms with Gasteiger partial charge in [-0.25, -0.2) is 4.79 Å². The highest BCUT2D eigenvalue weighted by Gasteiger charge is 2.18. The first-order valence-corrected chi connectivity index (χ1v) is 9.25. The number of hydrogen-bond donors (Lipinski definition) is 2. The van der Waals surface area contributed by atoms with Gasteiger partial charge in [0.2, 0.25) is 0 Å². The number of hydrogen-bond acceptors (Lipinski definition) is 4. The van der Waals surface area contributed by atoms with Crippen LogP contribution in [0.1, 0.15) is 0 Å². The highest BCUT2D eigenvalue weighted by atomic mass is 16.4. The van der Waals surface area contributed by atoms with E-state index in [9.17, 15) is 9.90 Å². The third-order valence-electron chi connectivity index (χ3n) is 5.41. The number of nitrogens with one attached hydrogen (secondary N) is 1. The maximum Gasteiger partial charge on any atom is 0.346 e. The Morgan fingerprint density at radius 3 is 2.55 bits per heavy atom. The van der Waals surface area contributed by atoms with E-state index in [0.717, 1.165) is 38.3 Å². The van der Waals surface area contributed by atoms with Crippen LogP contribution in [-0.4, -0.2) is 15.1 Å². The number of aromatic amines is 1. The molecule has 6 aromatic rings. The Kier molecular flexibility index (Phi) is 3.12. The van der Waals surface area contributed by atoms with Crippen LogP contribution in [0.5, 0.6) is 5.75 Å². The number of aromatic nitrogens is 2. The van der Waals surface area contributed by atoms with Crippen LogP contribution in [0.3, 0.4) is 0 Å². The van der Waals surface area contributed by atoms with Gasteiger partial charge in [-0.3, -0.25) is 4.98 Å². The predicted octanol–water partition coefficient (Wildman–Crippen LogP) is 5.35. The maximum atomic E-state index is 13.1. The molecule has 5 nitrogen and oxygen atoms in total. The molecule has 5 heteroatoms. The molecule has 0 atom stereocenters. The lowest BCUT2D eigenvalue weighted by molar-refractivity contribution is 0.475. The largest absolute Gasteiger partial charge is 0.508 e. The number of phenolic OH excluding ortho intramolecular Hbond substituents is 1. The molecule has 0 aliphatic heterocycles. The average molecular weight is 378 g/mol. The van der Waals surface area contributed by atoms with Gasteiger partial charge in [0.1, 0.15) is 11.3 Å². The van der Waals surface area contributed by atoms with Crippen LogP contribution in [0.15, 0.2) is 82.1 Å². The molecule has 29 heavy (non-hydrogen) atoms. The molecule has 0 aliphatic carbocycles. The van der Waals surface area contributed by atoms with Crippen LogP contribution in [0.4, 0.5) is 0 Å². The van der Waals surface area contributed by atoms with Gasteiger partial charge in [0.15, 0.2) is 0 Å². The Morgan fingerprint density at radius 1 is 0.862 bits per heavy atom. The van der Waals surface area contributed by atoms with Crippen molar-refractivity contribution in [2.75, 3.05) is 0 Å². The summed E-state index contributed by atoms with van der Waals surface area (Å²) in [6, 6.07) is 20.3. The number of H-pyrrole nitrogens is 1. The average Bonchev–Trinajstić information content (AvgIpc) is 3.22. The molecule has 0 radical (unpaired) electrons. The second-order valence-electron chi connectivity index (χ2n) is 7.05. The Labute approximate surface area is 163 Å². The Morgan fingerprint density at radius 2 is 1.69 bits per heavy atom. The summed E-state index contributed by atoms with van der Waals surface area (Å²) in [6.07, 6.45) is 1.78. The third kappa shape index (κ3) is 2.21. The van der Waals surface area contributed by atoms with Crippen LogP contribution in [0, 0.1) is 0 Å². The molecule has 2 N–H and O–H groups in total. The quantitative estimate of drug-likeness (QED) is 0.230. The lowest BCUT2D eigenvalue weighted by Crippen LogP contribution is -2.04. The minimum absolute atomic E-state index is 0.169. The van der Waals surface area contributed by atoms with Gasteiger partial charge in [-0.1, -0.05) is 36.4 Å². The number of phenols is 1. The molecule has 138 valence electrons. The molecular formula is C24H14N2O3. The van der Waals surface area contributed by atoms with Crippen LogP contribution in [0.25, 0.3) is 54.8 Å². The Balaban J connectivity index is 1.94. The summed E-state index contributed by atoms with van der Waals surface area (Å²) >= 11 is 0. The summed E-state index contributed by atoms with van der Waals surface area (Å²) in [5.74, 6) is 0.169. The zero-order valence-electron chi connectivity index (χ0n) is 15.1. The van der Waals surface area contributed by atoms with E-state index in [1.165, 1.54) is 0 Å². The molecule has 0 bridgehead atoms. The van der Waals surface area contributed by atoms with Gasteiger partial charge in [0.25, 0.3) is 0 Å². The first-order chi connectivity index (χ1) is 14.2. The van der Waals surface area contributed by atoms with E-state index in [-0.39, 0.29) is 5.75 Å². The maximum absolute atomic E-state index is 13.1. The van der Waals surface area contributed by atoms with E-state index >= 15 is 0 Å². The summed E-state index contributed by atoms with van der Waals surface area (Å²) in [7, 11) is 0. The molecule has 0 spiro atoms. The van der Waals surface area contributed by atoms with E-state index < -0.39 is 5.63 Å². The van der Waals surface area contributed by atoms with E-state index in [0.29, 0.717) is 16.5 Å². The highest BCUT2D eigenvalue weighted by Crippen LogP contribution is 2.38. The summed E-state index contributed by atoms with van der Waals surface area (Å²) < 4.78 is 5.64. The lowest BCUT2D eigenvalue weighted by Gasteiger charge is -2.13. The van der Waals surface area contributed by atoms with Crippen molar-refractivity contribution in [3.8, 4) is 16.9 Å². The fourth-order valence-electron chi connectivity index (χ4n) is 4.10. The van der Waals surface area contributed by atoms with Crippen molar-refractivity contribution in [3.05, 3.63) is 83.3 Å². The monoisotopic (exact) mass is 378 g/mol. The standard InChI is InChI=1S/C24H14N2O3/c27-15-8-5-13(6-9-15)19-17-10-7-14-11-12-25-21(14)23(17)26-22-16-3-1-2-4-18(16)29-24(28)20(19)22/h1-12,26-27H. The molecule has 0 fully saturated rings. The van der Waals surface area contributed by atoms with Gasteiger partial charge in [-0.2, -0.15) is 0 Å². The van der Waals surface area contributed by atoms with Crippen molar-refractivity contribution < 1.29 is 9.52 Å². The molecule has 0 saturated heterocycles. The molecule has 6 rings (SSSR count). The summed E-state index contributed by atoms with van der Waals surface area (Å²) in [5, 5.41) is 12.9. The van der Waals surface area contributed by atoms with Crippen LogP contribution in [0.2, 0.25) is 0 Å². The zero-order valence-corrected chi connectivity index (χ0v) is 15.1. The van der Waals surface area contributed by atoms with E-state index in [1.807, 2.05) is 36.4 Å². The number of nitrogens with zero attached hydrogens (tertiary/aromatic N) is 1. The minimum Gasteiger partial charge on any atom is -0.508 e. The first-order valence-electron chi connectivity index (χ1n) is 9.25. The normalized spacial score (nSPS) is 11.7. The van der Waals surface area contributed by atoms with Crippen LogP contribution in [-0.2, 0) is 0 Å². The molecule has 0 aliphatic rings. The third-order valence-corrected chi connectivity index (χ3v) is 5.41. The van der Waals surface area contributed by atoms with Crippen molar-refractivity contribution in [1.82, 2.24) is 9.97 Å². The van der Waals surface area contributed by atoms with Gasteiger partial charge in [0.05, 0.1) is 21.9 Å². The van der Waals surface area contributed by atoms with Gasteiger partial charge in [-0.15, -0.1) is 0 Å². The Bertz CT molecular complexity index is 1630. The van der Waals surface area contributed by atoms with Crippen molar-refractivity contribution in [2.45, 2.75) is 0 Å². The topological polar surface area (TPSA) is 79.1 Å². The van der Waals surface area contributed by atoms with E-state index in [4.69, 9.17) is 4.42 Å². The number of para-hydroxylation sites is 1. The van der Waals surface area contributed by atoms with Crippen molar-refractivity contribution in [2.24, 2.45) is 0 Å². The molecule has 0 saturated carbocycles. The fraction of sp³-hybridized carbons (Fsp3) is 0. The summed E-state index contributed by atoms with van der Waals surface area (Å²) in [4.78, 5) is 21.1. The second kappa shape index (κ2) is 5.69. The van der Waals surface area contributed by atoms with Gasteiger partial charge >= 0.3 is 5.63 Å². The number of benzene rings is 3. The van der Waals surface area contributed by atoms with E-state index in [2.05, 4.69) is 9.97 Å². The molecule has 3 heterocycles. The summed E-state index contributed by atoms with van der Waals surface area (Å²) in [5.41, 5.74) is 4.12. The van der Waals surface area contributed by atoms with Gasteiger partial charge < -0.3 is 14.5 Å². The van der Waals surface area contributed by atoms with Crippen molar-refractivity contribution in [3.63, 3.8) is 0 Å². The van der Waals surface area contributed by atoms with Gasteiger partial charge in [-0.05, 0) is 35.9 Å². The minimum atomic E-state index is -0.407. The number of fused-ring (bicyclic) bond motifs is 6. The number of pyridine rings is 1. The summed E-state index contributed by atoms with van der Waals surface area (Å²) in [6.45, 7) is 0. The highest BCUT2D eigenvalue weighted by molar-refractivity contribution is 6.19. The van der Waals surface area contributed by atoms with E-state index in [1.54, 1.807) is 36.5 Å². The predicted molar refractivity (Wildman–Crippen MR) is 114 cm³/mol. The molecular weight excluding hydrogens is 364 g/mol. The van der Waals surface area contributed by atoms with Crippen LogP contribution >= 0.6 is 0 Å². The second-order valence-corrected chi connectivity index (χ2v) is 7.05. The smallest absolute Gasteiger partial charge is 0.346 e. The lowest BCUT2D eigenvalue weighted by atomic mass is 9.95.